The first-order valence-corrected chi connectivity index (χ1v) is 33.1. The maximum absolute atomic E-state index is 12.9. The number of hydrogen-bond acceptors (Lipinski definition) is 6. The Labute approximate surface area is 477 Å². The molecule has 0 aromatic carbocycles. The summed E-state index contributed by atoms with van der Waals surface area (Å²) in [6.45, 7) is 6.51. The van der Waals surface area contributed by atoms with E-state index in [1.54, 1.807) is 0 Å². The molecule has 0 fully saturated rings. The van der Waals surface area contributed by atoms with Crippen LogP contribution in [0.3, 0.4) is 0 Å². The van der Waals surface area contributed by atoms with Crippen LogP contribution in [0.2, 0.25) is 0 Å². The molecule has 0 spiro atoms. The summed E-state index contributed by atoms with van der Waals surface area (Å²) in [4.78, 5) is 38.3. The minimum absolute atomic E-state index is 0.0893. The lowest BCUT2D eigenvalue weighted by Crippen LogP contribution is -2.30. The molecule has 0 N–H and O–H groups in total. The van der Waals surface area contributed by atoms with Crippen LogP contribution in [-0.2, 0) is 28.6 Å². The molecule has 0 aromatic rings. The third-order valence-electron chi connectivity index (χ3n) is 14.4. The van der Waals surface area contributed by atoms with E-state index >= 15 is 0 Å². The molecule has 0 aliphatic rings. The van der Waals surface area contributed by atoms with E-state index < -0.39 is 6.10 Å². The third kappa shape index (κ3) is 63.3. The van der Waals surface area contributed by atoms with Crippen LogP contribution < -0.4 is 0 Å². The number of hydrogen-bond donors (Lipinski definition) is 0. The van der Waals surface area contributed by atoms with E-state index in [9.17, 15) is 14.4 Å². The molecule has 0 bridgehead atoms. The van der Waals surface area contributed by atoms with Gasteiger partial charge in [0.05, 0.1) is 0 Å². The third-order valence-corrected chi connectivity index (χ3v) is 14.4. The predicted octanol–water partition coefficient (Wildman–Crippen LogP) is 22.7. The largest absolute Gasteiger partial charge is 0.462 e. The lowest BCUT2D eigenvalue weighted by Gasteiger charge is -2.18. The summed E-state index contributed by atoms with van der Waals surface area (Å²) in [6, 6.07) is 0. The summed E-state index contributed by atoms with van der Waals surface area (Å²) in [7, 11) is 0. The maximum atomic E-state index is 12.9. The van der Waals surface area contributed by atoms with Crippen molar-refractivity contribution in [2.75, 3.05) is 13.2 Å². The highest BCUT2D eigenvalue weighted by molar-refractivity contribution is 5.71. The molecule has 1 unspecified atom stereocenters. The van der Waals surface area contributed by atoms with Crippen molar-refractivity contribution < 1.29 is 28.6 Å². The van der Waals surface area contributed by atoms with E-state index in [-0.39, 0.29) is 31.1 Å². The van der Waals surface area contributed by atoms with Crippen LogP contribution >= 0.6 is 0 Å². The van der Waals surface area contributed by atoms with Gasteiger partial charge >= 0.3 is 17.9 Å². The quantitative estimate of drug-likeness (QED) is 0.0261. The zero-order valence-corrected chi connectivity index (χ0v) is 51.0. The average Bonchev–Trinajstić information content (AvgIpc) is 3.43. The number of unbranched alkanes of at least 4 members (excludes halogenated alkanes) is 35. The first-order valence-electron chi connectivity index (χ1n) is 33.1. The van der Waals surface area contributed by atoms with Crippen LogP contribution in [0.5, 0.6) is 0 Å². The van der Waals surface area contributed by atoms with Crippen LogP contribution in [0.25, 0.3) is 0 Å². The average molecular weight is 1070 g/mol. The van der Waals surface area contributed by atoms with Crippen molar-refractivity contribution in [3.05, 3.63) is 85.1 Å². The summed E-state index contributed by atoms with van der Waals surface area (Å²) in [6.07, 6.45) is 86.0. The van der Waals surface area contributed by atoms with Gasteiger partial charge in [-0.1, -0.05) is 279 Å². The number of rotatable bonds is 60. The van der Waals surface area contributed by atoms with Crippen LogP contribution in [-0.4, -0.2) is 37.2 Å². The first-order chi connectivity index (χ1) is 38.0. The molecule has 0 aliphatic carbocycles. The molecule has 0 saturated heterocycles. The van der Waals surface area contributed by atoms with Gasteiger partial charge in [0.2, 0.25) is 0 Å². The topological polar surface area (TPSA) is 78.9 Å². The van der Waals surface area contributed by atoms with Crippen molar-refractivity contribution >= 4 is 17.9 Å². The van der Waals surface area contributed by atoms with E-state index in [1.165, 1.54) is 199 Å². The van der Waals surface area contributed by atoms with Crippen molar-refractivity contribution in [2.24, 2.45) is 0 Å². The number of ether oxygens (including phenoxy) is 3. The number of allylic oxidation sites excluding steroid dienone is 14. The molecule has 0 radical (unpaired) electrons. The summed E-state index contributed by atoms with van der Waals surface area (Å²) in [5.74, 6) is -0.922. The van der Waals surface area contributed by atoms with Gasteiger partial charge in [-0.05, 0) is 116 Å². The lowest BCUT2D eigenvalue weighted by molar-refractivity contribution is -0.167. The molecule has 6 heteroatoms. The smallest absolute Gasteiger partial charge is 0.306 e. The van der Waals surface area contributed by atoms with E-state index in [0.717, 1.165) is 89.9 Å². The highest BCUT2D eigenvalue weighted by Gasteiger charge is 2.19. The predicted molar refractivity (Wildman–Crippen MR) is 334 cm³/mol. The SMILES string of the molecule is CC/C=C\C/C=C\C/C=C\C/C=C\CCCCC(=O)OCC(COC(=O)CCCCCCCCCCCCCCC/C=C\C/C=C\CCCCCCC)OC(=O)CCCCCCCCCCC/C=C\CCCCCCCC. The molecule has 0 saturated carbocycles. The van der Waals surface area contributed by atoms with Gasteiger partial charge in [-0.2, -0.15) is 0 Å². The Balaban J connectivity index is 4.35. The highest BCUT2D eigenvalue weighted by atomic mass is 16.6. The summed E-state index contributed by atoms with van der Waals surface area (Å²) >= 11 is 0. The zero-order valence-electron chi connectivity index (χ0n) is 51.0. The highest BCUT2D eigenvalue weighted by Crippen LogP contribution is 2.17. The van der Waals surface area contributed by atoms with Gasteiger partial charge < -0.3 is 14.2 Å². The minimum atomic E-state index is -0.796. The Morgan fingerprint density at radius 3 is 0.831 bits per heavy atom. The van der Waals surface area contributed by atoms with Crippen molar-refractivity contribution in [2.45, 2.75) is 335 Å². The van der Waals surface area contributed by atoms with Crippen LogP contribution in [0, 0.1) is 0 Å². The Kier molecular flexibility index (Phi) is 62.2. The van der Waals surface area contributed by atoms with E-state index in [2.05, 4.69) is 106 Å². The maximum Gasteiger partial charge on any atom is 0.306 e. The van der Waals surface area contributed by atoms with Gasteiger partial charge in [0, 0.05) is 19.3 Å². The second-order valence-corrected chi connectivity index (χ2v) is 22.0. The first kappa shape index (κ1) is 73.6. The second kappa shape index (κ2) is 65.1. The summed E-state index contributed by atoms with van der Waals surface area (Å²) in [5.41, 5.74) is 0. The molecular weight excluding hydrogens is 949 g/mol. The molecule has 6 nitrogen and oxygen atoms in total. The molecule has 0 heterocycles. The van der Waals surface area contributed by atoms with Crippen molar-refractivity contribution in [3.8, 4) is 0 Å². The van der Waals surface area contributed by atoms with E-state index in [4.69, 9.17) is 14.2 Å². The van der Waals surface area contributed by atoms with E-state index in [1.807, 2.05) is 0 Å². The summed E-state index contributed by atoms with van der Waals surface area (Å²) in [5, 5.41) is 0. The fourth-order valence-corrected chi connectivity index (χ4v) is 9.40. The molecule has 0 rings (SSSR count). The van der Waals surface area contributed by atoms with Gasteiger partial charge in [-0.15, -0.1) is 0 Å². The monoisotopic (exact) mass is 1070 g/mol. The fraction of sp³-hybridized carbons (Fsp3) is 0.761. The fourth-order valence-electron chi connectivity index (χ4n) is 9.40. The van der Waals surface area contributed by atoms with Gasteiger partial charge in [0.1, 0.15) is 13.2 Å². The van der Waals surface area contributed by atoms with Gasteiger partial charge in [-0.25, -0.2) is 0 Å². The van der Waals surface area contributed by atoms with E-state index in [0.29, 0.717) is 19.3 Å². The standard InChI is InChI=1S/C71H124O6/c1-4-7-10-13-16-19-22-25-28-30-32-33-34-35-36-37-39-40-43-46-49-52-55-58-61-64-70(73)76-67-68(66-75-69(72)63-60-57-54-51-48-45-42-27-24-21-18-15-12-9-6-3)77-71(74)65-62-59-56-53-50-47-44-41-38-31-29-26-23-20-17-14-11-8-5-2/h9,12,18,21-22,25-27,29-30,32,42,48,51,68H,4-8,10-11,13-17,19-20,23-24,28,31,33-41,43-47,49-50,52-67H2,1-3H3/b12-9-,21-18-,25-22-,29-26-,32-30-,42-27-,51-48-. The molecular formula is C71H124O6. The zero-order chi connectivity index (χ0) is 55.7. The molecule has 444 valence electrons. The van der Waals surface area contributed by atoms with Gasteiger partial charge in [0.15, 0.2) is 6.10 Å². The molecule has 1 atom stereocenters. The number of esters is 3. The van der Waals surface area contributed by atoms with Crippen molar-refractivity contribution in [1.29, 1.82) is 0 Å². The normalized spacial score (nSPS) is 12.6. The Hall–Kier alpha value is -3.41. The van der Waals surface area contributed by atoms with Crippen LogP contribution in [0.4, 0.5) is 0 Å². The van der Waals surface area contributed by atoms with Crippen LogP contribution in [0.1, 0.15) is 329 Å². The summed E-state index contributed by atoms with van der Waals surface area (Å²) < 4.78 is 16.9. The second-order valence-electron chi connectivity index (χ2n) is 22.0. The Morgan fingerprint density at radius 2 is 0.506 bits per heavy atom. The lowest BCUT2D eigenvalue weighted by atomic mass is 10.0. The number of carbonyl (C=O) groups excluding carboxylic acids is 3. The Bertz CT molecular complexity index is 1470. The van der Waals surface area contributed by atoms with Gasteiger partial charge in [0.25, 0.3) is 0 Å². The minimum Gasteiger partial charge on any atom is -0.462 e. The van der Waals surface area contributed by atoms with Crippen molar-refractivity contribution in [1.82, 2.24) is 0 Å². The molecule has 0 aromatic heterocycles. The molecule has 0 amide bonds. The van der Waals surface area contributed by atoms with Gasteiger partial charge in [-0.3, -0.25) is 14.4 Å². The molecule has 0 aliphatic heterocycles. The molecule has 77 heavy (non-hydrogen) atoms. The van der Waals surface area contributed by atoms with Crippen LogP contribution in [0.15, 0.2) is 85.1 Å². The van der Waals surface area contributed by atoms with Crippen molar-refractivity contribution in [3.63, 3.8) is 0 Å². The number of carbonyl (C=O) groups is 3. The Morgan fingerprint density at radius 1 is 0.273 bits per heavy atom.